The summed E-state index contributed by atoms with van der Waals surface area (Å²) in [6, 6.07) is 4.29. The highest BCUT2D eigenvalue weighted by Gasteiger charge is 2.23. The van der Waals surface area contributed by atoms with Gasteiger partial charge in [-0.25, -0.2) is 0 Å². The molecule has 0 fully saturated rings. The first-order valence-electron chi connectivity index (χ1n) is 6.31. The lowest BCUT2D eigenvalue weighted by molar-refractivity contribution is 0.423. The van der Waals surface area contributed by atoms with E-state index in [9.17, 15) is 5.11 Å². The van der Waals surface area contributed by atoms with E-state index >= 15 is 0 Å². The van der Waals surface area contributed by atoms with E-state index < -0.39 is 0 Å². The Morgan fingerprint density at radius 3 is 2.12 bits per heavy atom. The Kier molecular flexibility index (Phi) is 4.01. The van der Waals surface area contributed by atoms with E-state index in [4.69, 9.17) is 0 Å². The number of aromatic hydroxyl groups is 1. The molecule has 0 saturated carbocycles. The van der Waals surface area contributed by atoms with E-state index in [2.05, 4.69) is 46.8 Å². The normalized spacial score (nSPS) is 11.8. The molecule has 1 rings (SSSR count). The summed E-state index contributed by atoms with van der Waals surface area (Å²) in [6.07, 6.45) is 2.96. The van der Waals surface area contributed by atoms with Crippen molar-refractivity contribution in [3.63, 3.8) is 0 Å². The smallest absolute Gasteiger partial charge is 0.122 e. The van der Waals surface area contributed by atoms with Crippen LogP contribution in [0.1, 0.15) is 57.7 Å². The maximum absolute atomic E-state index is 10.3. The second kappa shape index (κ2) is 4.90. The topological polar surface area (TPSA) is 20.2 Å². The molecule has 0 spiro atoms. The lowest BCUT2D eigenvalue weighted by Crippen LogP contribution is -2.16. The number of hydrogen-bond acceptors (Lipinski definition) is 1. The number of aryl methyl sites for hydroxylation is 2. The predicted molar refractivity (Wildman–Crippen MR) is 70.2 cm³/mol. The maximum Gasteiger partial charge on any atom is 0.122 e. The first kappa shape index (κ1) is 13.1. The summed E-state index contributed by atoms with van der Waals surface area (Å²) in [5.74, 6) is 0.506. The van der Waals surface area contributed by atoms with E-state index in [-0.39, 0.29) is 5.41 Å². The first-order chi connectivity index (χ1) is 7.46. The molecule has 1 heteroatoms. The summed E-state index contributed by atoms with van der Waals surface area (Å²) in [5.41, 5.74) is 3.56. The third-order valence-corrected chi connectivity index (χ3v) is 3.65. The molecule has 1 aromatic rings. The fraction of sp³-hybridized carbons (Fsp3) is 0.600. The molecule has 1 aromatic carbocycles. The molecule has 0 unspecified atom stereocenters. The van der Waals surface area contributed by atoms with Crippen molar-refractivity contribution in [3.05, 3.63) is 28.8 Å². The van der Waals surface area contributed by atoms with Gasteiger partial charge in [0.25, 0.3) is 0 Å². The molecule has 0 atom stereocenters. The van der Waals surface area contributed by atoms with E-state index in [1.165, 1.54) is 5.56 Å². The third-order valence-electron chi connectivity index (χ3n) is 3.65. The van der Waals surface area contributed by atoms with Crippen LogP contribution in [-0.4, -0.2) is 5.11 Å². The van der Waals surface area contributed by atoms with Crippen molar-refractivity contribution in [3.8, 4) is 5.75 Å². The van der Waals surface area contributed by atoms with Crippen molar-refractivity contribution < 1.29 is 5.11 Å². The van der Waals surface area contributed by atoms with Gasteiger partial charge in [0, 0.05) is 5.56 Å². The lowest BCUT2D eigenvalue weighted by atomic mass is 9.79. The van der Waals surface area contributed by atoms with Crippen LogP contribution in [-0.2, 0) is 18.3 Å². The Labute approximate surface area is 99.5 Å². The molecule has 1 N–H and O–H groups in total. The molecule has 0 amide bonds. The quantitative estimate of drug-likeness (QED) is 0.806. The number of rotatable bonds is 4. The van der Waals surface area contributed by atoms with Crippen molar-refractivity contribution >= 4 is 0 Å². The molecule has 0 saturated heterocycles. The second-order valence-corrected chi connectivity index (χ2v) is 5.10. The van der Waals surface area contributed by atoms with Crippen LogP contribution < -0.4 is 0 Å². The molecule has 0 aliphatic heterocycles. The third kappa shape index (κ3) is 2.40. The minimum Gasteiger partial charge on any atom is -0.507 e. The van der Waals surface area contributed by atoms with Crippen LogP contribution in [0.5, 0.6) is 5.75 Å². The summed E-state index contributed by atoms with van der Waals surface area (Å²) in [5, 5.41) is 10.3. The largest absolute Gasteiger partial charge is 0.507 e. The van der Waals surface area contributed by atoms with Crippen LogP contribution in [0.3, 0.4) is 0 Å². The monoisotopic (exact) mass is 220 g/mol. The van der Waals surface area contributed by atoms with Crippen LogP contribution in [0.15, 0.2) is 12.1 Å². The Morgan fingerprint density at radius 2 is 1.69 bits per heavy atom. The van der Waals surface area contributed by atoms with Crippen molar-refractivity contribution in [2.24, 2.45) is 0 Å². The molecule has 0 radical (unpaired) electrons. The molecule has 0 aromatic heterocycles. The van der Waals surface area contributed by atoms with Crippen LogP contribution in [0.4, 0.5) is 0 Å². The standard InChI is InChI=1S/C15H24O/c1-6-11-9-12(7-2)14(16)13(10-11)15(4,5)8-3/h9-10,16H,6-8H2,1-5H3. The summed E-state index contributed by atoms with van der Waals surface area (Å²) in [7, 11) is 0. The van der Waals surface area contributed by atoms with Crippen molar-refractivity contribution in [1.82, 2.24) is 0 Å². The van der Waals surface area contributed by atoms with Crippen molar-refractivity contribution in [2.75, 3.05) is 0 Å². The van der Waals surface area contributed by atoms with Crippen LogP contribution in [0.2, 0.25) is 0 Å². The van der Waals surface area contributed by atoms with Crippen molar-refractivity contribution in [2.45, 2.75) is 59.3 Å². The number of hydrogen-bond donors (Lipinski definition) is 1. The summed E-state index contributed by atoms with van der Waals surface area (Å²) in [4.78, 5) is 0. The number of benzene rings is 1. The predicted octanol–water partition coefficient (Wildman–Crippen LogP) is 4.20. The molecule has 0 aliphatic rings. The van der Waals surface area contributed by atoms with Gasteiger partial charge in [-0.2, -0.15) is 0 Å². The van der Waals surface area contributed by atoms with Crippen LogP contribution in [0.25, 0.3) is 0 Å². The highest BCUT2D eigenvalue weighted by Crippen LogP contribution is 2.37. The van der Waals surface area contributed by atoms with Gasteiger partial charge in [-0.05, 0) is 35.8 Å². The Morgan fingerprint density at radius 1 is 1.06 bits per heavy atom. The van der Waals surface area contributed by atoms with Gasteiger partial charge in [-0.3, -0.25) is 0 Å². The lowest BCUT2D eigenvalue weighted by Gasteiger charge is -2.26. The van der Waals surface area contributed by atoms with Crippen molar-refractivity contribution in [1.29, 1.82) is 0 Å². The van der Waals surface area contributed by atoms with Gasteiger partial charge in [0.1, 0.15) is 5.75 Å². The van der Waals surface area contributed by atoms with E-state index in [0.717, 1.165) is 30.4 Å². The fourth-order valence-corrected chi connectivity index (χ4v) is 1.94. The zero-order chi connectivity index (χ0) is 12.3. The highest BCUT2D eigenvalue weighted by molar-refractivity contribution is 5.47. The molecule has 16 heavy (non-hydrogen) atoms. The summed E-state index contributed by atoms with van der Waals surface area (Å²) < 4.78 is 0. The Hall–Kier alpha value is -0.980. The van der Waals surface area contributed by atoms with E-state index in [0.29, 0.717) is 5.75 Å². The minimum absolute atomic E-state index is 0.0547. The van der Waals surface area contributed by atoms with Gasteiger partial charge in [-0.1, -0.05) is 46.8 Å². The summed E-state index contributed by atoms with van der Waals surface area (Å²) in [6.45, 7) is 10.8. The minimum atomic E-state index is 0.0547. The SMILES string of the molecule is CCc1cc(CC)c(O)c(C(C)(C)CC)c1. The zero-order valence-corrected chi connectivity index (χ0v) is 11.2. The molecular formula is C15H24O. The zero-order valence-electron chi connectivity index (χ0n) is 11.2. The van der Waals surface area contributed by atoms with Gasteiger partial charge in [-0.15, -0.1) is 0 Å². The molecule has 1 nitrogen and oxygen atoms in total. The van der Waals surface area contributed by atoms with Gasteiger partial charge < -0.3 is 5.11 Å². The molecule has 0 bridgehead atoms. The van der Waals surface area contributed by atoms with Gasteiger partial charge in [0.05, 0.1) is 0 Å². The van der Waals surface area contributed by atoms with E-state index in [1.54, 1.807) is 0 Å². The number of phenolic OH excluding ortho intramolecular Hbond substituents is 1. The van der Waals surface area contributed by atoms with Crippen LogP contribution >= 0.6 is 0 Å². The summed E-state index contributed by atoms with van der Waals surface area (Å²) >= 11 is 0. The Bertz CT molecular complexity index is 364. The average molecular weight is 220 g/mol. The highest BCUT2D eigenvalue weighted by atomic mass is 16.3. The molecule has 0 aliphatic carbocycles. The second-order valence-electron chi connectivity index (χ2n) is 5.10. The number of phenols is 1. The van der Waals surface area contributed by atoms with Gasteiger partial charge in [0.2, 0.25) is 0 Å². The first-order valence-corrected chi connectivity index (χ1v) is 6.31. The van der Waals surface area contributed by atoms with E-state index in [1.807, 2.05) is 0 Å². The average Bonchev–Trinajstić information content (AvgIpc) is 2.29. The van der Waals surface area contributed by atoms with Gasteiger partial charge >= 0.3 is 0 Å². The molecule has 0 heterocycles. The van der Waals surface area contributed by atoms with Crippen LogP contribution in [0, 0.1) is 0 Å². The molecule has 90 valence electrons. The van der Waals surface area contributed by atoms with Gasteiger partial charge in [0.15, 0.2) is 0 Å². The molecular weight excluding hydrogens is 196 g/mol. The fourth-order valence-electron chi connectivity index (χ4n) is 1.94. The maximum atomic E-state index is 10.3. The Balaban J connectivity index is 3.37.